The molecule has 15 heavy (non-hydrogen) atoms. The molecule has 0 unspecified atom stereocenters. The van der Waals surface area contributed by atoms with Crippen LogP contribution in [0.4, 0.5) is 0 Å². The molecule has 0 saturated heterocycles. The number of hydrogen-bond acceptors (Lipinski definition) is 4. The van der Waals surface area contributed by atoms with E-state index >= 15 is 0 Å². The van der Waals surface area contributed by atoms with E-state index in [0.29, 0.717) is 23.7 Å². The predicted molar refractivity (Wildman–Crippen MR) is 56.2 cm³/mol. The van der Waals surface area contributed by atoms with Crippen molar-refractivity contribution in [1.29, 1.82) is 0 Å². The Hall–Kier alpha value is -1.58. The molecule has 0 aliphatic rings. The number of hydrogen-bond donors (Lipinski definition) is 0. The smallest absolute Gasteiger partial charge is 0.340 e. The summed E-state index contributed by atoms with van der Waals surface area (Å²) in [5.74, 6) is 0.181. The maximum atomic E-state index is 11.6. The van der Waals surface area contributed by atoms with Crippen LogP contribution >= 0.6 is 0 Å². The van der Waals surface area contributed by atoms with Gasteiger partial charge in [-0.25, -0.2) is 9.78 Å². The second-order valence-electron chi connectivity index (χ2n) is 3.16. The van der Waals surface area contributed by atoms with E-state index in [9.17, 15) is 4.79 Å². The van der Waals surface area contributed by atoms with Gasteiger partial charge in [-0.3, -0.25) is 0 Å². The van der Waals surface area contributed by atoms with Gasteiger partial charge in [-0.2, -0.15) is 0 Å². The predicted octanol–water partition coefficient (Wildman–Crippen LogP) is 1.88. The molecular weight excluding hydrogens is 194 g/mol. The number of carbonyl (C=O) groups is 1. The molecule has 0 aliphatic carbocycles. The van der Waals surface area contributed by atoms with E-state index in [-0.39, 0.29) is 5.97 Å². The third-order valence-electron chi connectivity index (χ3n) is 2.06. The summed E-state index contributed by atoms with van der Waals surface area (Å²) in [5.41, 5.74) is 1.97. The second kappa shape index (κ2) is 4.77. The van der Waals surface area contributed by atoms with Crippen LogP contribution in [0.25, 0.3) is 0 Å². The lowest BCUT2D eigenvalue weighted by molar-refractivity contribution is 0.0524. The molecule has 0 aliphatic heterocycles. The lowest BCUT2D eigenvalue weighted by Crippen LogP contribution is -2.10. The molecule has 0 atom stereocenters. The summed E-state index contributed by atoms with van der Waals surface area (Å²) in [6.45, 7) is 5.74. The van der Waals surface area contributed by atoms with Crippen LogP contribution in [0, 0.1) is 13.8 Å². The lowest BCUT2D eigenvalue weighted by Gasteiger charge is -2.09. The first kappa shape index (κ1) is 11.5. The number of aromatic nitrogens is 1. The first-order valence-electron chi connectivity index (χ1n) is 4.79. The van der Waals surface area contributed by atoms with Crippen LogP contribution < -0.4 is 4.74 Å². The Kier molecular flexibility index (Phi) is 3.66. The number of ether oxygens (including phenoxy) is 2. The van der Waals surface area contributed by atoms with E-state index in [0.717, 1.165) is 5.56 Å². The molecule has 0 spiro atoms. The van der Waals surface area contributed by atoms with Gasteiger partial charge in [0.2, 0.25) is 5.88 Å². The third-order valence-corrected chi connectivity index (χ3v) is 2.06. The summed E-state index contributed by atoms with van der Waals surface area (Å²) >= 11 is 0. The van der Waals surface area contributed by atoms with E-state index in [1.165, 1.54) is 0 Å². The average Bonchev–Trinajstić information content (AvgIpc) is 2.16. The minimum Gasteiger partial charge on any atom is -0.481 e. The zero-order valence-corrected chi connectivity index (χ0v) is 9.46. The molecule has 1 aromatic rings. The molecule has 4 heteroatoms. The number of pyridine rings is 1. The van der Waals surface area contributed by atoms with E-state index < -0.39 is 0 Å². The van der Waals surface area contributed by atoms with Crippen molar-refractivity contribution in [1.82, 2.24) is 4.98 Å². The van der Waals surface area contributed by atoms with E-state index in [4.69, 9.17) is 9.47 Å². The standard InChI is InChI=1S/C11H15NO3/c1-5-15-11(13)10-7(2)6-9(14-4)12-8(10)3/h6H,5H2,1-4H3. The van der Waals surface area contributed by atoms with Crippen LogP contribution in [-0.4, -0.2) is 24.7 Å². The van der Waals surface area contributed by atoms with Gasteiger partial charge in [-0.1, -0.05) is 0 Å². The number of carbonyl (C=O) groups excluding carboxylic acids is 1. The minimum absolute atomic E-state index is 0.331. The fourth-order valence-corrected chi connectivity index (χ4v) is 1.41. The Morgan fingerprint density at radius 1 is 1.47 bits per heavy atom. The number of aryl methyl sites for hydroxylation is 2. The van der Waals surface area contributed by atoms with Crippen LogP contribution in [0.15, 0.2) is 6.07 Å². The van der Waals surface area contributed by atoms with Crippen molar-refractivity contribution in [2.75, 3.05) is 13.7 Å². The van der Waals surface area contributed by atoms with E-state index in [1.807, 2.05) is 6.92 Å². The largest absolute Gasteiger partial charge is 0.481 e. The van der Waals surface area contributed by atoms with Crippen molar-refractivity contribution in [2.24, 2.45) is 0 Å². The van der Waals surface area contributed by atoms with E-state index in [1.54, 1.807) is 27.0 Å². The topological polar surface area (TPSA) is 48.4 Å². The molecule has 0 amide bonds. The van der Waals surface area contributed by atoms with Crippen LogP contribution in [0.3, 0.4) is 0 Å². The van der Waals surface area contributed by atoms with Gasteiger partial charge in [0.1, 0.15) is 0 Å². The Labute approximate surface area is 89.2 Å². The summed E-state index contributed by atoms with van der Waals surface area (Å²) in [6.07, 6.45) is 0. The molecule has 0 bridgehead atoms. The van der Waals surface area contributed by atoms with Crippen molar-refractivity contribution >= 4 is 5.97 Å². The number of rotatable bonds is 3. The molecule has 0 radical (unpaired) electrons. The Morgan fingerprint density at radius 2 is 2.13 bits per heavy atom. The summed E-state index contributed by atoms with van der Waals surface area (Å²) in [6, 6.07) is 1.72. The van der Waals surface area contributed by atoms with Gasteiger partial charge >= 0.3 is 5.97 Å². The Balaban J connectivity index is 3.13. The molecule has 82 valence electrons. The van der Waals surface area contributed by atoms with Crippen LogP contribution in [0.1, 0.15) is 28.5 Å². The third kappa shape index (κ3) is 2.46. The normalized spacial score (nSPS) is 9.87. The lowest BCUT2D eigenvalue weighted by atomic mass is 10.1. The van der Waals surface area contributed by atoms with Gasteiger partial charge in [-0.05, 0) is 26.3 Å². The monoisotopic (exact) mass is 209 g/mol. The summed E-state index contributed by atoms with van der Waals surface area (Å²) in [5, 5.41) is 0. The van der Waals surface area contributed by atoms with Crippen molar-refractivity contribution < 1.29 is 14.3 Å². The molecule has 1 aromatic heterocycles. The first-order chi connectivity index (χ1) is 7.10. The van der Waals surface area contributed by atoms with Crippen LogP contribution in [-0.2, 0) is 4.74 Å². The minimum atomic E-state index is -0.331. The molecule has 1 rings (SSSR count). The fraction of sp³-hybridized carbons (Fsp3) is 0.455. The first-order valence-corrected chi connectivity index (χ1v) is 4.79. The molecular formula is C11H15NO3. The van der Waals surface area contributed by atoms with Crippen molar-refractivity contribution in [3.05, 3.63) is 22.9 Å². The SMILES string of the molecule is CCOC(=O)c1c(C)cc(OC)nc1C. The number of methoxy groups -OCH3 is 1. The van der Waals surface area contributed by atoms with Crippen molar-refractivity contribution in [3.63, 3.8) is 0 Å². The maximum absolute atomic E-state index is 11.6. The van der Waals surface area contributed by atoms with Gasteiger partial charge in [0.05, 0.1) is 25.0 Å². The molecule has 0 N–H and O–H groups in total. The summed E-state index contributed by atoms with van der Waals surface area (Å²) in [7, 11) is 1.55. The highest BCUT2D eigenvalue weighted by Gasteiger charge is 2.15. The van der Waals surface area contributed by atoms with E-state index in [2.05, 4.69) is 4.98 Å². The molecule has 1 heterocycles. The number of nitrogens with zero attached hydrogens (tertiary/aromatic N) is 1. The highest BCUT2D eigenvalue weighted by molar-refractivity contribution is 5.92. The number of esters is 1. The molecule has 0 saturated carbocycles. The van der Waals surface area contributed by atoms with Crippen LogP contribution in [0.5, 0.6) is 5.88 Å². The Bertz CT molecular complexity index is 351. The van der Waals surface area contributed by atoms with Gasteiger partial charge in [0, 0.05) is 6.07 Å². The zero-order chi connectivity index (χ0) is 11.4. The highest BCUT2D eigenvalue weighted by Crippen LogP contribution is 2.18. The fourth-order valence-electron chi connectivity index (χ4n) is 1.41. The maximum Gasteiger partial charge on any atom is 0.340 e. The van der Waals surface area contributed by atoms with Gasteiger partial charge in [0.25, 0.3) is 0 Å². The zero-order valence-electron chi connectivity index (χ0n) is 9.46. The van der Waals surface area contributed by atoms with Gasteiger partial charge in [0.15, 0.2) is 0 Å². The summed E-state index contributed by atoms with van der Waals surface area (Å²) in [4.78, 5) is 15.7. The van der Waals surface area contributed by atoms with Crippen LogP contribution in [0.2, 0.25) is 0 Å². The molecule has 0 aromatic carbocycles. The molecule has 4 nitrogen and oxygen atoms in total. The molecule has 0 fully saturated rings. The quantitative estimate of drug-likeness (QED) is 0.713. The van der Waals surface area contributed by atoms with Gasteiger partial charge < -0.3 is 9.47 Å². The van der Waals surface area contributed by atoms with Crippen molar-refractivity contribution in [2.45, 2.75) is 20.8 Å². The van der Waals surface area contributed by atoms with Gasteiger partial charge in [-0.15, -0.1) is 0 Å². The highest BCUT2D eigenvalue weighted by atomic mass is 16.5. The Morgan fingerprint density at radius 3 is 2.60 bits per heavy atom. The average molecular weight is 209 g/mol. The summed E-state index contributed by atoms with van der Waals surface area (Å²) < 4.78 is 9.95. The second-order valence-corrected chi connectivity index (χ2v) is 3.16. The van der Waals surface area contributed by atoms with Crippen molar-refractivity contribution in [3.8, 4) is 5.88 Å².